The van der Waals surface area contributed by atoms with E-state index in [0.717, 1.165) is 0 Å². The van der Waals surface area contributed by atoms with Crippen LogP contribution in [0.1, 0.15) is 26.7 Å². The van der Waals surface area contributed by atoms with Crippen molar-refractivity contribution in [2.75, 3.05) is 13.2 Å². The first-order chi connectivity index (χ1) is 11.7. The fourth-order valence-corrected chi connectivity index (χ4v) is 1.60. The molecule has 26 heavy (non-hydrogen) atoms. The summed E-state index contributed by atoms with van der Waals surface area (Å²) in [4.78, 5) is 22.2. The molecule has 0 saturated heterocycles. The maximum absolute atomic E-state index is 13.7. The van der Waals surface area contributed by atoms with Crippen molar-refractivity contribution in [3.63, 3.8) is 0 Å². The van der Waals surface area contributed by atoms with Gasteiger partial charge in [0, 0.05) is 24.0 Å². The summed E-state index contributed by atoms with van der Waals surface area (Å²) in [5, 5.41) is 18.8. The second-order valence-electron chi connectivity index (χ2n) is 5.88. The van der Waals surface area contributed by atoms with Gasteiger partial charge in [0.25, 0.3) is 0 Å². The molecular weight excluding hydrogens is 364 g/mol. The third-order valence-electron chi connectivity index (χ3n) is 3.03. The number of rotatable bonds is 11. The van der Waals surface area contributed by atoms with E-state index in [-0.39, 0.29) is 11.1 Å². The van der Waals surface area contributed by atoms with E-state index in [2.05, 4.69) is 22.6 Å². The van der Waals surface area contributed by atoms with Crippen LogP contribution in [0.15, 0.2) is 24.3 Å². The van der Waals surface area contributed by atoms with Crippen molar-refractivity contribution in [1.82, 2.24) is 0 Å². The molecule has 0 amide bonds. The molecule has 0 heterocycles. The minimum absolute atomic E-state index is 0.0540. The van der Waals surface area contributed by atoms with Gasteiger partial charge in [0.2, 0.25) is 0 Å². The van der Waals surface area contributed by atoms with Crippen molar-refractivity contribution in [2.45, 2.75) is 50.7 Å². The van der Waals surface area contributed by atoms with Crippen molar-refractivity contribution in [3.05, 3.63) is 24.3 Å². The van der Waals surface area contributed by atoms with Gasteiger partial charge in [0.15, 0.2) is 0 Å². The Morgan fingerprint density at radius 2 is 1.12 bits per heavy atom. The van der Waals surface area contributed by atoms with Gasteiger partial charge < -0.3 is 19.7 Å². The highest BCUT2D eigenvalue weighted by Gasteiger charge is 2.57. The molecule has 0 fully saturated rings. The standard InChI is InChI=1S/C16H22F4O6/c1-9(2)13(23)25-7-11(21)5-15(17,18)16(19,20)6-12(22)8-26-14(24)10(3)4/h11-12,21-22H,1,3,5-8H2,2,4H3. The molecule has 2 N–H and O–H groups in total. The molecule has 0 aromatic carbocycles. The van der Waals surface area contributed by atoms with E-state index in [4.69, 9.17) is 0 Å². The number of esters is 2. The highest BCUT2D eigenvalue weighted by atomic mass is 19.3. The summed E-state index contributed by atoms with van der Waals surface area (Å²) in [6.07, 6.45) is -7.53. The lowest BCUT2D eigenvalue weighted by Crippen LogP contribution is -2.46. The first-order valence-electron chi connectivity index (χ1n) is 7.46. The molecule has 2 unspecified atom stereocenters. The molecule has 10 heteroatoms. The molecule has 0 aliphatic heterocycles. The number of aliphatic hydroxyl groups is 2. The van der Waals surface area contributed by atoms with Crippen LogP contribution in [0, 0.1) is 0 Å². The Bertz CT molecular complexity index is 499. The van der Waals surface area contributed by atoms with Crippen molar-refractivity contribution in [2.24, 2.45) is 0 Å². The number of ether oxygens (including phenoxy) is 2. The van der Waals surface area contributed by atoms with Gasteiger partial charge in [0.1, 0.15) is 13.2 Å². The maximum atomic E-state index is 13.7. The Balaban J connectivity index is 4.66. The van der Waals surface area contributed by atoms with Crippen LogP contribution in [0.3, 0.4) is 0 Å². The van der Waals surface area contributed by atoms with Gasteiger partial charge in [-0.15, -0.1) is 0 Å². The zero-order valence-electron chi connectivity index (χ0n) is 14.4. The van der Waals surface area contributed by atoms with Crippen molar-refractivity contribution in [3.8, 4) is 0 Å². The zero-order valence-corrected chi connectivity index (χ0v) is 14.4. The average Bonchev–Trinajstić information content (AvgIpc) is 2.48. The second-order valence-corrected chi connectivity index (χ2v) is 5.88. The predicted octanol–water partition coefficient (Wildman–Crippen LogP) is 2.00. The number of carbonyl (C=O) groups excluding carboxylic acids is 2. The van der Waals surface area contributed by atoms with Crippen LogP contribution in [0.25, 0.3) is 0 Å². The van der Waals surface area contributed by atoms with Gasteiger partial charge in [-0.2, -0.15) is 17.6 Å². The highest BCUT2D eigenvalue weighted by Crippen LogP contribution is 2.41. The van der Waals surface area contributed by atoms with Gasteiger partial charge in [-0.25, -0.2) is 9.59 Å². The highest BCUT2D eigenvalue weighted by molar-refractivity contribution is 5.87. The van der Waals surface area contributed by atoms with Crippen LogP contribution >= 0.6 is 0 Å². The average molecular weight is 386 g/mol. The lowest BCUT2D eigenvalue weighted by molar-refractivity contribution is -0.236. The summed E-state index contributed by atoms with van der Waals surface area (Å²) < 4.78 is 63.7. The number of alkyl halides is 4. The van der Waals surface area contributed by atoms with Crippen LogP contribution in [0.4, 0.5) is 17.6 Å². The van der Waals surface area contributed by atoms with Crippen LogP contribution < -0.4 is 0 Å². The van der Waals surface area contributed by atoms with Gasteiger partial charge in [-0.1, -0.05) is 13.2 Å². The minimum atomic E-state index is -4.71. The SMILES string of the molecule is C=C(C)C(=O)OCC(O)CC(F)(F)C(F)(F)CC(O)COC(=O)C(=C)C. The number of hydrogen-bond donors (Lipinski definition) is 2. The van der Waals surface area contributed by atoms with E-state index < -0.39 is 62.0 Å². The maximum Gasteiger partial charge on any atom is 0.333 e. The third-order valence-corrected chi connectivity index (χ3v) is 3.03. The number of hydrogen-bond acceptors (Lipinski definition) is 6. The molecule has 0 aliphatic rings. The van der Waals surface area contributed by atoms with E-state index >= 15 is 0 Å². The Morgan fingerprint density at radius 3 is 1.35 bits per heavy atom. The van der Waals surface area contributed by atoms with E-state index in [1.54, 1.807) is 0 Å². The predicted molar refractivity (Wildman–Crippen MR) is 82.7 cm³/mol. The van der Waals surface area contributed by atoms with Gasteiger partial charge in [-0.3, -0.25) is 0 Å². The Hall–Kier alpha value is -1.94. The molecule has 2 atom stereocenters. The lowest BCUT2D eigenvalue weighted by atomic mass is 9.99. The lowest BCUT2D eigenvalue weighted by Gasteiger charge is -2.29. The van der Waals surface area contributed by atoms with Gasteiger partial charge in [-0.05, 0) is 13.8 Å². The monoisotopic (exact) mass is 386 g/mol. The Labute approximate surface area is 148 Å². The van der Waals surface area contributed by atoms with Crippen molar-refractivity contribution in [1.29, 1.82) is 0 Å². The molecule has 6 nitrogen and oxygen atoms in total. The molecule has 0 aromatic rings. The smallest absolute Gasteiger partial charge is 0.333 e. The van der Waals surface area contributed by atoms with Crippen LogP contribution in [-0.4, -0.2) is 59.4 Å². The largest absolute Gasteiger partial charge is 0.460 e. The Morgan fingerprint density at radius 1 is 0.846 bits per heavy atom. The minimum Gasteiger partial charge on any atom is -0.460 e. The first-order valence-corrected chi connectivity index (χ1v) is 7.46. The summed E-state index contributed by atoms with van der Waals surface area (Å²) in [7, 11) is 0. The number of aliphatic hydroxyl groups excluding tert-OH is 2. The van der Waals surface area contributed by atoms with E-state index in [9.17, 15) is 37.4 Å². The molecule has 0 rings (SSSR count). The van der Waals surface area contributed by atoms with Gasteiger partial charge >= 0.3 is 23.8 Å². The molecule has 150 valence electrons. The van der Waals surface area contributed by atoms with Gasteiger partial charge in [0.05, 0.1) is 12.2 Å². The number of halogens is 4. The quantitative estimate of drug-likeness (QED) is 0.321. The first kappa shape index (κ1) is 24.1. The number of carbonyl (C=O) groups is 2. The molecule has 0 aromatic heterocycles. The second kappa shape index (κ2) is 9.67. The van der Waals surface area contributed by atoms with Crippen LogP contribution in [0.5, 0.6) is 0 Å². The summed E-state index contributed by atoms with van der Waals surface area (Å²) >= 11 is 0. The summed E-state index contributed by atoms with van der Waals surface area (Å²) in [6.45, 7) is 7.17. The summed E-state index contributed by atoms with van der Waals surface area (Å²) in [5.74, 6) is -11.3. The van der Waals surface area contributed by atoms with Crippen molar-refractivity contribution < 1.29 is 46.8 Å². The molecule has 0 bridgehead atoms. The molecule has 0 saturated carbocycles. The summed E-state index contributed by atoms with van der Waals surface area (Å²) in [5.41, 5.74) is -0.108. The molecule has 0 aliphatic carbocycles. The third kappa shape index (κ3) is 7.96. The topological polar surface area (TPSA) is 93.1 Å². The Kier molecular flexibility index (Phi) is 8.95. The van der Waals surface area contributed by atoms with E-state index in [1.807, 2.05) is 0 Å². The van der Waals surface area contributed by atoms with Crippen LogP contribution in [-0.2, 0) is 19.1 Å². The van der Waals surface area contributed by atoms with E-state index in [1.165, 1.54) is 13.8 Å². The van der Waals surface area contributed by atoms with Crippen molar-refractivity contribution >= 4 is 11.9 Å². The van der Waals surface area contributed by atoms with Crippen LogP contribution in [0.2, 0.25) is 0 Å². The zero-order chi connectivity index (χ0) is 20.7. The molecular formula is C16H22F4O6. The fraction of sp³-hybridized carbons (Fsp3) is 0.625. The summed E-state index contributed by atoms with van der Waals surface area (Å²) in [6, 6.07) is 0. The molecule has 0 radical (unpaired) electrons. The normalized spacial score (nSPS) is 14.3. The molecule has 0 spiro atoms. The fourth-order valence-electron chi connectivity index (χ4n) is 1.60. The van der Waals surface area contributed by atoms with E-state index in [0.29, 0.717) is 0 Å².